The van der Waals surface area contributed by atoms with Gasteiger partial charge in [-0.2, -0.15) is 0 Å². The maximum absolute atomic E-state index is 12.9. The average Bonchev–Trinajstić information content (AvgIpc) is 2.20. The number of nitrogens with zero attached hydrogens (tertiary/aromatic N) is 1. The van der Waals surface area contributed by atoms with Gasteiger partial charge in [-0.05, 0) is 40.8 Å². The molecule has 0 aliphatic carbocycles. The van der Waals surface area contributed by atoms with Gasteiger partial charge in [0.25, 0.3) is 5.91 Å². The van der Waals surface area contributed by atoms with Crippen molar-refractivity contribution in [1.82, 2.24) is 5.06 Å². The highest BCUT2D eigenvalue weighted by Gasteiger charge is 2.12. The fraction of sp³-hybridized carbons (Fsp3) is 0.222. The van der Waals surface area contributed by atoms with E-state index in [1.807, 2.05) is 22.6 Å². The van der Waals surface area contributed by atoms with Crippen LogP contribution in [0.5, 0.6) is 0 Å². The summed E-state index contributed by atoms with van der Waals surface area (Å²) in [5.41, 5.74) is 0.403. The number of hydrogen-bond acceptors (Lipinski definition) is 2. The Morgan fingerprint density at radius 3 is 2.71 bits per heavy atom. The van der Waals surface area contributed by atoms with Gasteiger partial charge in [0.1, 0.15) is 5.82 Å². The first-order chi connectivity index (χ1) is 6.56. The van der Waals surface area contributed by atoms with Crippen LogP contribution in [0.3, 0.4) is 0 Å². The quantitative estimate of drug-likeness (QED) is 0.618. The summed E-state index contributed by atoms with van der Waals surface area (Å²) < 4.78 is 13.3. The van der Waals surface area contributed by atoms with Gasteiger partial charge in [-0.1, -0.05) is 0 Å². The molecule has 3 nitrogen and oxygen atoms in total. The third-order valence-electron chi connectivity index (χ3n) is 1.73. The first-order valence-corrected chi connectivity index (χ1v) is 4.91. The van der Waals surface area contributed by atoms with E-state index in [2.05, 4.69) is 0 Å². The summed E-state index contributed by atoms with van der Waals surface area (Å²) in [7, 11) is 2.89. The molecule has 0 atom stereocenters. The molecule has 0 aromatic heterocycles. The minimum Gasteiger partial charge on any atom is -0.274 e. The first kappa shape index (κ1) is 11.4. The smallest absolute Gasteiger partial charge is 0.274 e. The van der Waals surface area contributed by atoms with Crippen LogP contribution in [0.15, 0.2) is 18.2 Å². The Bertz CT molecular complexity index is 357. The van der Waals surface area contributed by atoms with Gasteiger partial charge in [-0.15, -0.1) is 0 Å². The number of amides is 1. The summed E-state index contributed by atoms with van der Waals surface area (Å²) >= 11 is 1.83. The van der Waals surface area contributed by atoms with Crippen LogP contribution in [0.2, 0.25) is 0 Å². The van der Waals surface area contributed by atoms with E-state index < -0.39 is 0 Å². The highest BCUT2D eigenvalue weighted by atomic mass is 127. The molecule has 0 bridgehead atoms. The lowest BCUT2D eigenvalue weighted by molar-refractivity contribution is -0.0757. The summed E-state index contributed by atoms with van der Waals surface area (Å²) in [4.78, 5) is 16.2. The monoisotopic (exact) mass is 309 g/mol. The lowest BCUT2D eigenvalue weighted by Crippen LogP contribution is -2.25. The normalized spacial score (nSPS) is 10.0. The number of hydrogen-bond donors (Lipinski definition) is 0. The summed E-state index contributed by atoms with van der Waals surface area (Å²) in [5.74, 6) is -0.632. The molecule has 0 unspecified atom stereocenters. The zero-order chi connectivity index (χ0) is 10.7. The van der Waals surface area contributed by atoms with Crippen molar-refractivity contribution in [3.05, 3.63) is 33.1 Å². The van der Waals surface area contributed by atoms with Crippen LogP contribution in [-0.2, 0) is 4.84 Å². The summed E-state index contributed by atoms with van der Waals surface area (Å²) in [6.45, 7) is 0. The second-order valence-electron chi connectivity index (χ2n) is 2.61. The van der Waals surface area contributed by atoms with Gasteiger partial charge in [0.2, 0.25) is 0 Å². The van der Waals surface area contributed by atoms with E-state index in [0.717, 1.165) is 5.06 Å². The Balaban J connectivity index is 2.97. The zero-order valence-electron chi connectivity index (χ0n) is 7.75. The predicted octanol–water partition coefficient (Wildman–Crippen LogP) is 2.06. The van der Waals surface area contributed by atoms with Crippen molar-refractivity contribution in [2.24, 2.45) is 0 Å². The molecular formula is C9H9FINO2. The van der Waals surface area contributed by atoms with Crippen molar-refractivity contribution in [3.8, 4) is 0 Å². The molecule has 0 saturated carbocycles. The fourth-order valence-electron chi connectivity index (χ4n) is 0.894. The maximum Gasteiger partial charge on any atom is 0.277 e. The van der Waals surface area contributed by atoms with Crippen molar-refractivity contribution < 1.29 is 14.0 Å². The second-order valence-corrected chi connectivity index (χ2v) is 3.78. The highest BCUT2D eigenvalue weighted by molar-refractivity contribution is 14.1. The fourth-order valence-corrected chi connectivity index (χ4v) is 1.41. The Kier molecular flexibility index (Phi) is 3.82. The van der Waals surface area contributed by atoms with E-state index in [1.54, 1.807) is 0 Å². The van der Waals surface area contributed by atoms with Crippen LogP contribution in [0, 0.1) is 9.39 Å². The lowest BCUT2D eigenvalue weighted by Gasteiger charge is -2.13. The highest BCUT2D eigenvalue weighted by Crippen LogP contribution is 2.14. The largest absolute Gasteiger partial charge is 0.277 e. The number of benzene rings is 1. The van der Waals surface area contributed by atoms with Gasteiger partial charge in [0, 0.05) is 16.2 Å². The maximum atomic E-state index is 12.9. The third kappa shape index (κ3) is 2.42. The van der Waals surface area contributed by atoms with Crippen LogP contribution in [0.1, 0.15) is 10.4 Å². The predicted molar refractivity (Wildman–Crippen MR) is 58.2 cm³/mol. The van der Waals surface area contributed by atoms with E-state index in [0.29, 0.717) is 9.13 Å². The SMILES string of the molecule is CON(C)C(=O)c1ccc(F)c(I)c1. The molecule has 0 saturated heterocycles. The van der Waals surface area contributed by atoms with E-state index in [4.69, 9.17) is 4.84 Å². The Labute approximate surface area is 94.9 Å². The van der Waals surface area contributed by atoms with Gasteiger partial charge in [-0.25, -0.2) is 9.45 Å². The number of carbonyl (C=O) groups is 1. The molecule has 76 valence electrons. The molecule has 0 aliphatic heterocycles. The summed E-state index contributed by atoms with van der Waals surface area (Å²) in [6.07, 6.45) is 0. The molecule has 1 amide bonds. The van der Waals surface area contributed by atoms with E-state index in [-0.39, 0.29) is 11.7 Å². The number of rotatable bonds is 2. The third-order valence-corrected chi connectivity index (χ3v) is 2.55. The second kappa shape index (κ2) is 4.70. The van der Waals surface area contributed by atoms with Gasteiger partial charge < -0.3 is 0 Å². The van der Waals surface area contributed by atoms with Crippen molar-refractivity contribution in [2.75, 3.05) is 14.2 Å². The molecule has 1 aromatic rings. The molecule has 0 N–H and O–H groups in total. The van der Waals surface area contributed by atoms with Crippen LogP contribution < -0.4 is 0 Å². The summed E-state index contributed by atoms with van der Waals surface area (Å²) in [6, 6.07) is 4.17. The van der Waals surface area contributed by atoms with Gasteiger partial charge in [-0.3, -0.25) is 9.63 Å². The van der Waals surface area contributed by atoms with Crippen LogP contribution in [0.4, 0.5) is 4.39 Å². The molecule has 1 rings (SSSR count). The molecule has 0 fully saturated rings. The lowest BCUT2D eigenvalue weighted by atomic mass is 10.2. The van der Waals surface area contributed by atoms with Gasteiger partial charge >= 0.3 is 0 Å². The first-order valence-electron chi connectivity index (χ1n) is 3.83. The Morgan fingerprint density at radius 1 is 1.57 bits per heavy atom. The molecule has 5 heteroatoms. The average molecular weight is 309 g/mol. The molecule has 14 heavy (non-hydrogen) atoms. The molecule has 0 spiro atoms. The minimum absolute atomic E-state index is 0.301. The van der Waals surface area contributed by atoms with Crippen LogP contribution in [0.25, 0.3) is 0 Å². The molecule has 0 heterocycles. The Hall–Kier alpha value is -0.690. The van der Waals surface area contributed by atoms with Crippen molar-refractivity contribution in [3.63, 3.8) is 0 Å². The van der Waals surface area contributed by atoms with Gasteiger partial charge in [0.15, 0.2) is 0 Å². The number of halogens is 2. The number of hydroxylamine groups is 2. The van der Waals surface area contributed by atoms with Gasteiger partial charge in [0.05, 0.1) is 7.11 Å². The van der Waals surface area contributed by atoms with Crippen molar-refractivity contribution >= 4 is 28.5 Å². The zero-order valence-corrected chi connectivity index (χ0v) is 9.91. The van der Waals surface area contributed by atoms with Crippen molar-refractivity contribution in [2.45, 2.75) is 0 Å². The standard InChI is InChI=1S/C9H9FINO2/c1-12(14-2)9(13)6-3-4-7(10)8(11)5-6/h3-5H,1-2H3. The van der Waals surface area contributed by atoms with E-state index in [9.17, 15) is 9.18 Å². The molecule has 0 radical (unpaired) electrons. The topological polar surface area (TPSA) is 29.5 Å². The molecule has 1 aromatic carbocycles. The van der Waals surface area contributed by atoms with E-state index in [1.165, 1.54) is 32.4 Å². The van der Waals surface area contributed by atoms with Crippen LogP contribution in [-0.4, -0.2) is 25.1 Å². The van der Waals surface area contributed by atoms with E-state index >= 15 is 0 Å². The summed E-state index contributed by atoms with van der Waals surface area (Å²) in [5, 5.41) is 1.09. The molecule has 0 aliphatic rings. The minimum atomic E-state index is -0.331. The molecular weight excluding hydrogens is 300 g/mol. The van der Waals surface area contributed by atoms with Crippen LogP contribution >= 0.6 is 22.6 Å². The Morgan fingerprint density at radius 2 is 2.21 bits per heavy atom. The van der Waals surface area contributed by atoms with Crippen molar-refractivity contribution in [1.29, 1.82) is 0 Å². The number of carbonyl (C=O) groups excluding carboxylic acids is 1.